The molecule has 0 bridgehead atoms. The quantitative estimate of drug-likeness (QED) is 0.513. The van der Waals surface area contributed by atoms with Crippen molar-refractivity contribution in [3.05, 3.63) is 80.3 Å². The number of amides is 1. The molecule has 3 rings (SSSR count). The summed E-state index contributed by atoms with van der Waals surface area (Å²) < 4.78 is 14.7. The molecule has 29 heavy (non-hydrogen) atoms. The SMILES string of the molecule is CCc1ccc(Cl)c(CC)c1NC(=O)c1c(C)nn(Cc2ccc(F)cc2)c1Cl. The number of hydrogen-bond donors (Lipinski definition) is 1. The van der Waals surface area contributed by atoms with Gasteiger partial charge >= 0.3 is 0 Å². The number of halogens is 3. The first kappa shape index (κ1) is 21.3. The van der Waals surface area contributed by atoms with Crippen LogP contribution in [0.25, 0.3) is 0 Å². The van der Waals surface area contributed by atoms with Crippen molar-refractivity contribution in [1.29, 1.82) is 0 Å². The van der Waals surface area contributed by atoms with Crippen LogP contribution in [0, 0.1) is 12.7 Å². The second-order valence-electron chi connectivity index (χ2n) is 6.76. The Morgan fingerprint density at radius 1 is 1.10 bits per heavy atom. The number of benzene rings is 2. The molecule has 1 heterocycles. The highest BCUT2D eigenvalue weighted by Crippen LogP contribution is 2.31. The molecule has 0 aliphatic rings. The molecule has 152 valence electrons. The number of anilines is 1. The smallest absolute Gasteiger partial charge is 0.260 e. The first-order valence-corrected chi connectivity index (χ1v) is 10.2. The molecule has 2 aromatic carbocycles. The molecule has 0 fully saturated rings. The topological polar surface area (TPSA) is 46.9 Å². The zero-order chi connectivity index (χ0) is 21.1. The lowest BCUT2D eigenvalue weighted by molar-refractivity contribution is 0.102. The van der Waals surface area contributed by atoms with Crippen LogP contribution >= 0.6 is 23.2 Å². The van der Waals surface area contributed by atoms with Gasteiger partial charge in [-0.3, -0.25) is 4.79 Å². The number of nitrogens with zero attached hydrogens (tertiary/aromatic N) is 2. The molecule has 0 saturated carbocycles. The van der Waals surface area contributed by atoms with Crippen molar-refractivity contribution in [1.82, 2.24) is 9.78 Å². The van der Waals surface area contributed by atoms with E-state index in [4.69, 9.17) is 23.2 Å². The fraction of sp³-hybridized carbons (Fsp3) is 0.273. The van der Waals surface area contributed by atoms with Crippen LogP contribution in [0.15, 0.2) is 36.4 Å². The predicted molar refractivity (Wildman–Crippen MR) is 116 cm³/mol. The number of nitrogens with one attached hydrogen (secondary N) is 1. The minimum atomic E-state index is -0.329. The first-order chi connectivity index (χ1) is 13.8. The maximum Gasteiger partial charge on any atom is 0.260 e. The molecule has 0 aliphatic carbocycles. The summed E-state index contributed by atoms with van der Waals surface area (Å²) in [4.78, 5) is 13.1. The second kappa shape index (κ2) is 8.97. The van der Waals surface area contributed by atoms with E-state index in [0.717, 1.165) is 28.8 Å². The van der Waals surface area contributed by atoms with Crippen molar-refractivity contribution in [3.8, 4) is 0 Å². The Morgan fingerprint density at radius 2 is 1.79 bits per heavy atom. The van der Waals surface area contributed by atoms with Crippen molar-refractivity contribution in [2.45, 2.75) is 40.2 Å². The van der Waals surface area contributed by atoms with Gasteiger partial charge in [0.1, 0.15) is 11.0 Å². The molecule has 3 aromatic rings. The van der Waals surface area contributed by atoms with Crippen LogP contribution in [0.3, 0.4) is 0 Å². The van der Waals surface area contributed by atoms with Gasteiger partial charge in [0.2, 0.25) is 0 Å². The van der Waals surface area contributed by atoms with Crippen molar-refractivity contribution in [2.24, 2.45) is 0 Å². The predicted octanol–water partition coefficient (Wildman–Crippen LogP) is 6.06. The summed E-state index contributed by atoms with van der Waals surface area (Å²) in [7, 11) is 0. The van der Waals surface area contributed by atoms with Crippen molar-refractivity contribution < 1.29 is 9.18 Å². The zero-order valence-electron chi connectivity index (χ0n) is 16.5. The Hall–Kier alpha value is -2.37. The third kappa shape index (κ3) is 4.46. The Balaban J connectivity index is 1.92. The van der Waals surface area contributed by atoms with E-state index in [2.05, 4.69) is 10.4 Å². The first-order valence-electron chi connectivity index (χ1n) is 9.44. The summed E-state index contributed by atoms with van der Waals surface area (Å²) in [6.07, 6.45) is 1.45. The Bertz CT molecular complexity index is 1050. The van der Waals surface area contributed by atoms with Crippen LogP contribution in [0.2, 0.25) is 10.2 Å². The number of carbonyl (C=O) groups excluding carboxylic acids is 1. The van der Waals surface area contributed by atoms with Crippen molar-refractivity contribution in [2.75, 3.05) is 5.32 Å². The number of rotatable bonds is 6. The van der Waals surface area contributed by atoms with Gasteiger partial charge in [0, 0.05) is 10.7 Å². The maximum atomic E-state index is 13.1. The zero-order valence-corrected chi connectivity index (χ0v) is 18.0. The van der Waals surface area contributed by atoms with Crippen LogP contribution < -0.4 is 5.32 Å². The van der Waals surface area contributed by atoms with E-state index >= 15 is 0 Å². The van der Waals surface area contributed by atoms with E-state index in [0.29, 0.717) is 29.2 Å². The van der Waals surface area contributed by atoms with Gasteiger partial charge in [-0.05, 0) is 54.7 Å². The van der Waals surface area contributed by atoms with Crippen LogP contribution in [0.1, 0.15) is 46.6 Å². The molecule has 1 aromatic heterocycles. The molecule has 0 unspecified atom stereocenters. The molecule has 0 atom stereocenters. The third-order valence-corrected chi connectivity index (χ3v) is 5.59. The molecule has 0 aliphatic heterocycles. The molecule has 0 saturated heterocycles. The number of carbonyl (C=O) groups is 1. The fourth-order valence-corrected chi connectivity index (χ4v) is 3.93. The third-order valence-electron chi connectivity index (χ3n) is 4.85. The number of aromatic nitrogens is 2. The van der Waals surface area contributed by atoms with Gasteiger partial charge in [-0.15, -0.1) is 0 Å². The van der Waals surface area contributed by atoms with Crippen LogP contribution in [-0.2, 0) is 19.4 Å². The summed E-state index contributed by atoms with van der Waals surface area (Å²) in [6, 6.07) is 9.86. The van der Waals surface area contributed by atoms with Gasteiger partial charge in [-0.1, -0.05) is 55.2 Å². The largest absolute Gasteiger partial charge is 0.321 e. The molecule has 0 radical (unpaired) electrons. The average Bonchev–Trinajstić information content (AvgIpc) is 2.97. The van der Waals surface area contributed by atoms with Crippen molar-refractivity contribution in [3.63, 3.8) is 0 Å². The molecule has 0 spiro atoms. The van der Waals surface area contributed by atoms with Crippen LogP contribution in [0.5, 0.6) is 0 Å². The van der Waals surface area contributed by atoms with Gasteiger partial charge < -0.3 is 5.32 Å². The van der Waals surface area contributed by atoms with Gasteiger partial charge in [-0.2, -0.15) is 5.10 Å². The minimum Gasteiger partial charge on any atom is -0.321 e. The highest BCUT2D eigenvalue weighted by atomic mass is 35.5. The van der Waals surface area contributed by atoms with E-state index in [1.165, 1.54) is 12.1 Å². The lowest BCUT2D eigenvalue weighted by atomic mass is 10.0. The summed E-state index contributed by atoms with van der Waals surface area (Å²) in [5, 5.41) is 8.25. The lowest BCUT2D eigenvalue weighted by Gasteiger charge is -2.16. The summed E-state index contributed by atoms with van der Waals surface area (Å²) >= 11 is 12.8. The highest BCUT2D eigenvalue weighted by Gasteiger charge is 2.22. The molecular formula is C22H22Cl2FN3O. The summed E-state index contributed by atoms with van der Waals surface area (Å²) in [5.41, 5.74) is 4.30. The summed E-state index contributed by atoms with van der Waals surface area (Å²) in [5.74, 6) is -0.638. The van der Waals surface area contributed by atoms with E-state index < -0.39 is 0 Å². The molecule has 7 heteroatoms. The number of aryl methyl sites for hydroxylation is 2. The molecular weight excluding hydrogens is 412 g/mol. The average molecular weight is 434 g/mol. The van der Waals surface area contributed by atoms with E-state index in [9.17, 15) is 9.18 Å². The fourth-order valence-electron chi connectivity index (χ4n) is 3.32. The Kier molecular flexibility index (Phi) is 6.60. The Labute approximate surface area is 179 Å². The van der Waals surface area contributed by atoms with Gasteiger partial charge in [0.25, 0.3) is 5.91 Å². The Morgan fingerprint density at radius 3 is 2.41 bits per heavy atom. The number of hydrogen-bond acceptors (Lipinski definition) is 2. The van der Waals surface area contributed by atoms with Gasteiger partial charge in [0.05, 0.1) is 17.8 Å². The molecule has 4 nitrogen and oxygen atoms in total. The minimum absolute atomic E-state index is 0.238. The highest BCUT2D eigenvalue weighted by molar-refractivity contribution is 6.34. The monoisotopic (exact) mass is 433 g/mol. The van der Waals surface area contributed by atoms with Gasteiger partial charge in [0.15, 0.2) is 0 Å². The molecule has 1 amide bonds. The maximum absolute atomic E-state index is 13.1. The standard InChI is InChI=1S/C22H22Cl2FN3O/c1-4-15-8-11-18(23)17(5-2)20(15)26-22(29)19-13(3)27-28(21(19)24)12-14-6-9-16(25)10-7-14/h6-11H,4-5,12H2,1-3H3,(H,26,29). The van der Waals surface area contributed by atoms with E-state index in [1.807, 2.05) is 26.0 Å². The van der Waals surface area contributed by atoms with Crippen molar-refractivity contribution >= 4 is 34.8 Å². The molecule has 1 N–H and O–H groups in total. The summed E-state index contributed by atoms with van der Waals surface area (Å²) in [6.45, 7) is 6.10. The van der Waals surface area contributed by atoms with Crippen LogP contribution in [-0.4, -0.2) is 15.7 Å². The van der Waals surface area contributed by atoms with E-state index in [1.54, 1.807) is 23.7 Å². The lowest BCUT2D eigenvalue weighted by Crippen LogP contribution is -2.16. The van der Waals surface area contributed by atoms with E-state index in [-0.39, 0.29) is 16.9 Å². The van der Waals surface area contributed by atoms with Crippen LogP contribution in [0.4, 0.5) is 10.1 Å². The normalized spacial score (nSPS) is 11.0. The van der Waals surface area contributed by atoms with Gasteiger partial charge in [-0.25, -0.2) is 9.07 Å². The second-order valence-corrected chi connectivity index (χ2v) is 7.52.